The second-order valence-corrected chi connectivity index (χ2v) is 4.99. The molecule has 0 fully saturated rings. The van der Waals surface area contributed by atoms with E-state index in [0.29, 0.717) is 25.7 Å². The van der Waals surface area contributed by atoms with Gasteiger partial charge in [0.15, 0.2) is 5.96 Å². The Bertz CT molecular complexity index is 540. The summed E-state index contributed by atoms with van der Waals surface area (Å²) < 4.78 is 49.4. The van der Waals surface area contributed by atoms with Crippen LogP contribution in [0, 0.1) is 0 Å². The van der Waals surface area contributed by atoms with E-state index in [0.717, 1.165) is 12.5 Å². The average molecular weight is 475 g/mol. The van der Waals surface area contributed by atoms with Crippen LogP contribution >= 0.6 is 24.0 Å². The quantitative estimate of drug-likeness (QED) is 0.262. The standard InChI is InChI=1S/C16H24F3N3O2.HI/c1-4-20-15(21-8-5-9-23-2)22-11-12-6-7-13(24-3)10-14(12)16(17,18)19;/h6-7,10H,4-5,8-9,11H2,1-3H3,(H2,20,21,22);1H. The number of alkyl halides is 3. The molecule has 0 bridgehead atoms. The molecule has 1 aromatic carbocycles. The summed E-state index contributed by atoms with van der Waals surface area (Å²) in [6.45, 7) is 3.64. The highest BCUT2D eigenvalue weighted by atomic mass is 127. The predicted molar refractivity (Wildman–Crippen MR) is 103 cm³/mol. The first kappa shape index (κ1) is 23.8. The Morgan fingerprint density at radius 2 is 1.92 bits per heavy atom. The number of methoxy groups -OCH3 is 2. The Kier molecular flexibility index (Phi) is 11.6. The van der Waals surface area contributed by atoms with Crippen LogP contribution in [-0.4, -0.2) is 39.9 Å². The zero-order valence-corrected chi connectivity index (χ0v) is 16.9. The van der Waals surface area contributed by atoms with Gasteiger partial charge in [0.2, 0.25) is 0 Å². The maximum atomic E-state index is 13.2. The normalized spacial score (nSPS) is 11.7. The van der Waals surface area contributed by atoms with Gasteiger partial charge in [0, 0.05) is 26.8 Å². The molecule has 0 spiro atoms. The van der Waals surface area contributed by atoms with Crippen molar-refractivity contribution in [3.63, 3.8) is 0 Å². The van der Waals surface area contributed by atoms with Crippen LogP contribution in [0.2, 0.25) is 0 Å². The largest absolute Gasteiger partial charge is 0.497 e. The number of nitrogens with zero attached hydrogens (tertiary/aromatic N) is 1. The molecule has 5 nitrogen and oxygen atoms in total. The first-order chi connectivity index (χ1) is 11.4. The van der Waals surface area contributed by atoms with Crippen molar-refractivity contribution < 1.29 is 22.6 Å². The Labute approximate surface area is 163 Å². The van der Waals surface area contributed by atoms with Gasteiger partial charge in [-0.2, -0.15) is 13.2 Å². The molecule has 0 aliphatic heterocycles. The van der Waals surface area contributed by atoms with Crippen LogP contribution in [0.15, 0.2) is 23.2 Å². The molecule has 1 aromatic rings. The fourth-order valence-corrected chi connectivity index (χ4v) is 2.01. The van der Waals surface area contributed by atoms with Crippen LogP contribution in [0.1, 0.15) is 24.5 Å². The minimum absolute atomic E-state index is 0. The van der Waals surface area contributed by atoms with E-state index >= 15 is 0 Å². The average Bonchev–Trinajstić information content (AvgIpc) is 2.55. The molecule has 0 aromatic heterocycles. The van der Waals surface area contributed by atoms with Gasteiger partial charge in [0.05, 0.1) is 19.2 Å². The molecule has 0 aliphatic carbocycles. The monoisotopic (exact) mass is 475 g/mol. The number of aliphatic imine (C=N–C) groups is 1. The van der Waals surface area contributed by atoms with E-state index in [2.05, 4.69) is 15.6 Å². The number of hydrogen-bond acceptors (Lipinski definition) is 3. The number of nitrogens with one attached hydrogen (secondary N) is 2. The van der Waals surface area contributed by atoms with Crippen molar-refractivity contribution >= 4 is 29.9 Å². The molecule has 0 aliphatic rings. The van der Waals surface area contributed by atoms with E-state index in [9.17, 15) is 13.2 Å². The van der Waals surface area contributed by atoms with Gasteiger partial charge < -0.3 is 20.1 Å². The van der Waals surface area contributed by atoms with Gasteiger partial charge in [0.1, 0.15) is 5.75 Å². The zero-order chi connectivity index (χ0) is 18.0. The fraction of sp³-hybridized carbons (Fsp3) is 0.562. The number of rotatable bonds is 8. The van der Waals surface area contributed by atoms with Gasteiger partial charge >= 0.3 is 6.18 Å². The van der Waals surface area contributed by atoms with Crippen molar-refractivity contribution in [2.45, 2.75) is 26.1 Å². The lowest BCUT2D eigenvalue weighted by molar-refractivity contribution is -0.138. The summed E-state index contributed by atoms with van der Waals surface area (Å²) in [5.74, 6) is 0.636. The summed E-state index contributed by atoms with van der Waals surface area (Å²) in [6.07, 6.45) is -3.68. The van der Waals surface area contributed by atoms with Crippen molar-refractivity contribution in [2.24, 2.45) is 4.99 Å². The third kappa shape index (κ3) is 8.61. The smallest absolute Gasteiger partial charge is 0.416 e. The van der Waals surface area contributed by atoms with Crippen molar-refractivity contribution in [2.75, 3.05) is 33.9 Å². The first-order valence-electron chi connectivity index (χ1n) is 7.67. The lowest BCUT2D eigenvalue weighted by atomic mass is 10.1. The van der Waals surface area contributed by atoms with Crippen molar-refractivity contribution in [1.82, 2.24) is 10.6 Å². The zero-order valence-electron chi connectivity index (χ0n) is 14.6. The van der Waals surface area contributed by atoms with E-state index in [4.69, 9.17) is 9.47 Å². The summed E-state index contributed by atoms with van der Waals surface area (Å²) in [6, 6.07) is 3.88. The second-order valence-electron chi connectivity index (χ2n) is 4.99. The van der Waals surface area contributed by atoms with Crippen molar-refractivity contribution in [3.05, 3.63) is 29.3 Å². The molecular weight excluding hydrogens is 450 g/mol. The highest BCUT2D eigenvalue weighted by molar-refractivity contribution is 14.0. The molecule has 144 valence electrons. The Morgan fingerprint density at radius 3 is 2.48 bits per heavy atom. The van der Waals surface area contributed by atoms with Gasteiger partial charge in [0.25, 0.3) is 0 Å². The molecule has 25 heavy (non-hydrogen) atoms. The summed E-state index contributed by atoms with van der Waals surface area (Å²) in [4.78, 5) is 4.22. The van der Waals surface area contributed by atoms with Crippen LogP contribution in [0.25, 0.3) is 0 Å². The summed E-state index contributed by atoms with van der Waals surface area (Å²) >= 11 is 0. The lowest BCUT2D eigenvalue weighted by Crippen LogP contribution is -2.38. The molecule has 9 heteroatoms. The van der Waals surface area contributed by atoms with E-state index in [1.54, 1.807) is 7.11 Å². The van der Waals surface area contributed by atoms with Crippen molar-refractivity contribution in [3.8, 4) is 5.75 Å². The van der Waals surface area contributed by atoms with Gasteiger partial charge in [-0.1, -0.05) is 6.07 Å². The number of hydrogen-bond donors (Lipinski definition) is 2. The lowest BCUT2D eigenvalue weighted by Gasteiger charge is -2.14. The number of ether oxygens (including phenoxy) is 2. The Balaban J connectivity index is 0.00000576. The molecule has 0 saturated carbocycles. The van der Waals surface area contributed by atoms with E-state index < -0.39 is 11.7 Å². The van der Waals surface area contributed by atoms with Crippen LogP contribution in [-0.2, 0) is 17.5 Å². The van der Waals surface area contributed by atoms with Gasteiger partial charge in [-0.3, -0.25) is 0 Å². The SMILES string of the molecule is CCNC(=NCc1ccc(OC)cc1C(F)(F)F)NCCCOC.I. The summed E-state index contributed by atoms with van der Waals surface area (Å²) in [5, 5.41) is 6.06. The summed E-state index contributed by atoms with van der Waals surface area (Å²) in [5.41, 5.74) is -0.641. The maximum absolute atomic E-state index is 13.2. The van der Waals surface area contributed by atoms with Crippen LogP contribution in [0.3, 0.4) is 0 Å². The fourth-order valence-electron chi connectivity index (χ4n) is 2.01. The Morgan fingerprint density at radius 1 is 1.20 bits per heavy atom. The number of halogens is 4. The topological polar surface area (TPSA) is 54.9 Å². The third-order valence-electron chi connectivity index (χ3n) is 3.19. The number of benzene rings is 1. The molecular formula is C16H25F3IN3O2. The minimum atomic E-state index is -4.45. The Hall–Kier alpha value is -1.23. The maximum Gasteiger partial charge on any atom is 0.416 e. The van der Waals surface area contributed by atoms with Crippen LogP contribution in [0.4, 0.5) is 13.2 Å². The van der Waals surface area contributed by atoms with Crippen molar-refractivity contribution in [1.29, 1.82) is 0 Å². The van der Waals surface area contributed by atoms with Crippen LogP contribution in [0.5, 0.6) is 5.75 Å². The van der Waals surface area contributed by atoms with E-state index in [1.165, 1.54) is 19.2 Å². The molecule has 0 atom stereocenters. The highest BCUT2D eigenvalue weighted by Gasteiger charge is 2.33. The predicted octanol–water partition coefficient (Wildman–Crippen LogP) is 3.42. The molecule has 0 saturated heterocycles. The number of guanidine groups is 1. The molecule has 0 radical (unpaired) electrons. The van der Waals surface area contributed by atoms with E-state index in [-0.39, 0.29) is 41.8 Å². The molecule has 0 amide bonds. The molecule has 0 unspecified atom stereocenters. The van der Waals surface area contributed by atoms with Gasteiger partial charge in [-0.25, -0.2) is 4.99 Å². The van der Waals surface area contributed by atoms with Gasteiger partial charge in [-0.05, 0) is 31.0 Å². The first-order valence-corrected chi connectivity index (χ1v) is 7.67. The molecule has 0 heterocycles. The van der Waals surface area contributed by atoms with Gasteiger partial charge in [-0.15, -0.1) is 24.0 Å². The third-order valence-corrected chi connectivity index (χ3v) is 3.19. The summed E-state index contributed by atoms with van der Waals surface area (Å²) in [7, 11) is 2.95. The van der Waals surface area contributed by atoms with E-state index in [1.807, 2.05) is 6.92 Å². The molecule has 1 rings (SSSR count). The minimum Gasteiger partial charge on any atom is -0.497 e. The second kappa shape index (κ2) is 12.2. The highest BCUT2D eigenvalue weighted by Crippen LogP contribution is 2.34. The van der Waals surface area contributed by atoms with Crippen LogP contribution < -0.4 is 15.4 Å². The molecule has 2 N–H and O–H groups in total.